The van der Waals surface area contributed by atoms with Crippen molar-refractivity contribution in [2.45, 2.75) is 58.2 Å². The maximum Gasteiger partial charge on any atom is 0.207 e. The zero-order chi connectivity index (χ0) is 23.3. The molecule has 2 aromatic carbocycles. The maximum absolute atomic E-state index is 13.5. The number of halogens is 2. The SMILES string of the molecule is CC(C)(C)Cc1ccc2c(c1)[C@@H](NC[C@H](O)[C@H](Cc1cc(F)cc(F)c1)NC=O)CCO2. The fourth-order valence-electron chi connectivity index (χ4n) is 4.16. The van der Waals surface area contributed by atoms with Crippen LogP contribution in [0.15, 0.2) is 36.4 Å². The Balaban J connectivity index is 1.68. The van der Waals surface area contributed by atoms with Gasteiger partial charge in [0.05, 0.1) is 18.8 Å². The highest BCUT2D eigenvalue weighted by atomic mass is 19.1. The largest absolute Gasteiger partial charge is 0.493 e. The lowest BCUT2D eigenvalue weighted by Crippen LogP contribution is -2.47. The lowest BCUT2D eigenvalue weighted by atomic mass is 9.86. The van der Waals surface area contributed by atoms with E-state index < -0.39 is 23.8 Å². The molecule has 0 radical (unpaired) electrons. The van der Waals surface area contributed by atoms with Crippen molar-refractivity contribution in [1.82, 2.24) is 10.6 Å². The topological polar surface area (TPSA) is 70.6 Å². The average Bonchev–Trinajstić information content (AvgIpc) is 2.69. The van der Waals surface area contributed by atoms with Crippen molar-refractivity contribution in [3.8, 4) is 5.75 Å². The van der Waals surface area contributed by atoms with Crippen LogP contribution in [0.3, 0.4) is 0 Å². The molecule has 7 heteroatoms. The normalized spacial score (nSPS) is 17.8. The van der Waals surface area contributed by atoms with Crippen molar-refractivity contribution in [3.63, 3.8) is 0 Å². The molecule has 32 heavy (non-hydrogen) atoms. The first-order chi connectivity index (χ1) is 15.1. The summed E-state index contributed by atoms with van der Waals surface area (Å²) in [4.78, 5) is 11.1. The number of carbonyl (C=O) groups is 1. The molecule has 0 aromatic heterocycles. The quantitative estimate of drug-likeness (QED) is 0.514. The number of ether oxygens (including phenoxy) is 1. The molecule has 3 rings (SSSR count). The number of hydrogen-bond donors (Lipinski definition) is 3. The number of amides is 1. The van der Waals surface area contributed by atoms with Crippen molar-refractivity contribution in [1.29, 1.82) is 0 Å². The van der Waals surface area contributed by atoms with E-state index in [-0.39, 0.29) is 24.4 Å². The molecule has 174 valence electrons. The number of nitrogens with one attached hydrogen (secondary N) is 2. The van der Waals surface area contributed by atoms with Crippen molar-refractivity contribution in [2.75, 3.05) is 13.2 Å². The lowest BCUT2D eigenvalue weighted by Gasteiger charge is -2.30. The lowest BCUT2D eigenvalue weighted by molar-refractivity contribution is -0.110. The van der Waals surface area contributed by atoms with Gasteiger partial charge in [0.2, 0.25) is 6.41 Å². The molecule has 3 atom stereocenters. The zero-order valence-electron chi connectivity index (χ0n) is 18.8. The van der Waals surface area contributed by atoms with E-state index in [4.69, 9.17) is 4.74 Å². The molecular weight excluding hydrogens is 414 g/mol. The van der Waals surface area contributed by atoms with Gasteiger partial charge in [-0.1, -0.05) is 32.9 Å². The highest BCUT2D eigenvalue weighted by molar-refractivity contribution is 5.47. The van der Waals surface area contributed by atoms with E-state index >= 15 is 0 Å². The van der Waals surface area contributed by atoms with Crippen LogP contribution in [0.5, 0.6) is 5.75 Å². The van der Waals surface area contributed by atoms with Gasteiger partial charge < -0.3 is 20.5 Å². The van der Waals surface area contributed by atoms with Crippen LogP contribution in [0.4, 0.5) is 8.78 Å². The van der Waals surface area contributed by atoms with E-state index in [1.165, 1.54) is 17.7 Å². The zero-order valence-corrected chi connectivity index (χ0v) is 18.8. The number of benzene rings is 2. The maximum atomic E-state index is 13.5. The van der Waals surface area contributed by atoms with Gasteiger partial charge in [-0.3, -0.25) is 4.79 Å². The molecule has 0 saturated carbocycles. The summed E-state index contributed by atoms with van der Waals surface area (Å²) < 4.78 is 32.8. The number of rotatable bonds is 9. The Bertz CT molecular complexity index is 910. The van der Waals surface area contributed by atoms with E-state index in [0.29, 0.717) is 18.6 Å². The Morgan fingerprint density at radius 3 is 2.53 bits per heavy atom. The van der Waals surface area contributed by atoms with Crippen LogP contribution in [0.25, 0.3) is 0 Å². The fraction of sp³-hybridized carbons (Fsp3) is 0.480. The summed E-state index contributed by atoms with van der Waals surface area (Å²) in [6, 6.07) is 8.74. The highest BCUT2D eigenvalue weighted by Crippen LogP contribution is 2.34. The molecule has 5 nitrogen and oxygen atoms in total. The van der Waals surface area contributed by atoms with E-state index in [9.17, 15) is 18.7 Å². The highest BCUT2D eigenvalue weighted by Gasteiger charge is 2.25. The number of hydrogen-bond acceptors (Lipinski definition) is 4. The Morgan fingerprint density at radius 1 is 1.16 bits per heavy atom. The molecule has 0 unspecified atom stereocenters. The molecular formula is C25H32F2N2O3. The minimum atomic E-state index is -0.949. The second kappa shape index (κ2) is 10.4. The van der Waals surface area contributed by atoms with Crippen molar-refractivity contribution in [2.24, 2.45) is 5.41 Å². The molecule has 0 bridgehead atoms. The number of aliphatic hydroxyl groups excluding tert-OH is 1. The summed E-state index contributed by atoms with van der Waals surface area (Å²) in [5.74, 6) is -0.552. The number of aliphatic hydroxyl groups is 1. The van der Waals surface area contributed by atoms with Crippen molar-refractivity contribution < 1.29 is 23.4 Å². The van der Waals surface area contributed by atoms with Crippen LogP contribution < -0.4 is 15.4 Å². The van der Waals surface area contributed by atoms with Crippen molar-refractivity contribution >= 4 is 6.41 Å². The van der Waals surface area contributed by atoms with E-state index in [1.807, 2.05) is 6.07 Å². The Hall–Kier alpha value is -2.51. The smallest absolute Gasteiger partial charge is 0.207 e. The third-order valence-corrected chi connectivity index (χ3v) is 5.55. The van der Waals surface area contributed by atoms with Gasteiger partial charge in [-0.05, 0) is 47.6 Å². The molecule has 1 amide bonds. The van der Waals surface area contributed by atoms with Gasteiger partial charge in [0, 0.05) is 30.6 Å². The summed E-state index contributed by atoms with van der Waals surface area (Å²) in [7, 11) is 0. The van der Waals surface area contributed by atoms with Gasteiger partial charge in [-0.25, -0.2) is 8.78 Å². The minimum Gasteiger partial charge on any atom is -0.493 e. The van der Waals surface area contributed by atoms with E-state index in [1.54, 1.807) is 0 Å². The van der Waals surface area contributed by atoms with Crippen LogP contribution >= 0.6 is 0 Å². The first-order valence-corrected chi connectivity index (χ1v) is 11.0. The number of fused-ring (bicyclic) bond motifs is 1. The molecule has 0 saturated heterocycles. The van der Waals surface area contributed by atoms with E-state index in [2.05, 4.69) is 43.5 Å². The van der Waals surface area contributed by atoms with Gasteiger partial charge in [0.1, 0.15) is 17.4 Å². The Labute approximate surface area is 188 Å². The molecule has 0 aliphatic carbocycles. The minimum absolute atomic E-state index is 0.00295. The summed E-state index contributed by atoms with van der Waals surface area (Å²) in [5.41, 5.74) is 2.80. The van der Waals surface area contributed by atoms with Gasteiger partial charge >= 0.3 is 0 Å². The van der Waals surface area contributed by atoms with Crippen LogP contribution in [0.2, 0.25) is 0 Å². The predicted molar refractivity (Wildman–Crippen MR) is 120 cm³/mol. The van der Waals surface area contributed by atoms with E-state index in [0.717, 1.165) is 30.2 Å². The number of carbonyl (C=O) groups excluding carboxylic acids is 1. The van der Waals surface area contributed by atoms with Gasteiger partial charge in [0.25, 0.3) is 0 Å². The van der Waals surface area contributed by atoms with Crippen LogP contribution in [0, 0.1) is 17.0 Å². The molecule has 1 aliphatic rings. The van der Waals surface area contributed by atoms with Crippen LogP contribution in [-0.4, -0.2) is 36.8 Å². The predicted octanol–water partition coefficient (Wildman–Crippen LogP) is 3.68. The molecule has 3 N–H and O–H groups in total. The van der Waals surface area contributed by atoms with Gasteiger partial charge in [0.15, 0.2) is 0 Å². The molecule has 1 heterocycles. The first kappa shape index (κ1) is 24.1. The van der Waals surface area contributed by atoms with Crippen molar-refractivity contribution in [3.05, 3.63) is 64.7 Å². The summed E-state index contributed by atoms with van der Waals surface area (Å²) in [6.45, 7) is 7.36. The monoisotopic (exact) mass is 446 g/mol. The third kappa shape index (κ3) is 6.74. The molecule has 2 aromatic rings. The standard InChI is InChI=1S/C25H32F2N2O3/c1-25(2,3)13-16-4-5-24-20(10-16)21(6-7-32-24)28-14-23(31)22(29-15-30)11-17-8-18(26)12-19(27)9-17/h4-5,8-10,12,15,21-23,28,31H,6-7,11,13-14H2,1-3H3,(H,29,30)/t21-,22-,23-/m0/s1. The van der Waals surface area contributed by atoms with Gasteiger partial charge in [-0.2, -0.15) is 0 Å². The van der Waals surface area contributed by atoms with Crippen LogP contribution in [0.1, 0.15) is 49.9 Å². The Morgan fingerprint density at radius 2 is 1.88 bits per heavy atom. The molecule has 1 aliphatic heterocycles. The van der Waals surface area contributed by atoms with Gasteiger partial charge in [-0.15, -0.1) is 0 Å². The fourth-order valence-corrected chi connectivity index (χ4v) is 4.16. The third-order valence-electron chi connectivity index (χ3n) is 5.55. The summed E-state index contributed by atoms with van der Waals surface area (Å²) in [6.07, 6.45) is 1.34. The van der Waals surface area contributed by atoms with Crippen LogP contribution in [-0.2, 0) is 17.6 Å². The molecule has 0 fully saturated rings. The summed E-state index contributed by atoms with van der Waals surface area (Å²) in [5, 5.41) is 16.7. The Kier molecular flexibility index (Phi) is 7.85. The average molecular weight is 447 g/mol. The first-order valence-electron chi connectivity index (χ1n) is 11.0. The molecule has 0 spiro atoms. The summed E-state index contributed by atoms with van der Waals surface area (Å²) >= 11 is 0. The second-order valence-corrected chi connectivity index (χ2v) is 9.65. The second-order valence-electron chi connectivity index (χ2n) is 9.65.